The lowest BCUT2D eigenvalue weighted by atomic mass is 9.95. The highest BCUT2D eigenvalue weighted by Gasteiger charge is 2.31. The summed E-state index contributed by atoms with van der Waals surface area (Å²) < 4.78 is 0. The molecule has 0 aromatic carbocycles. The number of carbonyl (C=O) groups is 2. The van der Waals surface area contributed by atoms with Crippen LogP contribution in [0.1, 0.15) is 47.3 Å². The monoisotopic (exact) mass is 315 g/mol. The van der Waals surface area contributed by atoms with E-state index in [2.05, 4.69) is 5.32 Å². The molecule has 1 aliphatic rings. The van der Waals surface area contributed by atoms with Crippen molar-refractivity contribution in [3.8, 4) is 0 Å². The Balaban J connectivity index is 2.11. The number of hydrogen-bond donors (Lipinski definition) is 2. The maximum atomic E-state index is 12.2. The number of nitrogens with one attached hydrogen (secondary N) is 1. The molecular weight excluding hydrogens is 298 g/mol. The molecule has 1 aromatic rings. The largest absolute Gasteiger partial charge is 0.481 e. The maximum Gasteiger partial charge on any atom is 0.308 e. The number of carboxylic acid groups (broad SMARTS) is 1. The summed E-state index contributed by atoms with van der Waals surface area (Å²) in [4.78, 5) is 24.1. The zero-order valence-electron chi connectivity index (χ0n) is 11.3. The molecule has 2 unspecified atom stereocenters. The van der Waals surface area contributed by atoms with Crippen LogP contribution in [0.25, 0.3) is 0 Å². The van der Waals surface area contributed by atoms with Gasteiger partial charge in [-0.2, -0.15) is 0 Å². The smallest absolute Gasteiger partial charge is 0.308 e. The van der Waals surface area contributed by atoms with Crippen LogP contribution in [0.2, 0.25) is 5.02 Å². The molecule has 2 atom stereocenters. The van der Waals surface area contributed by atoms with Crippen molar-refractivity contribution >= 4 is 34.8 Å². The fourth-order valence-electron chi connectivity index (χ4n) is 2.59. The quantitative estimate of drug-likeness (QED) is 0.839. The fourth-order valence-corrected chi connectivity index (χ4v) is 3.77. The molecule has 0 bridgehead atoms. The number of hydrogen-bond acceptors (Lipinski definition) is 3. The third-order valence-corrected chi connectivity index (χ3v) is 5.45. The second-order valence-corrected chi connectivity index (χ2v) is 6.48. The molecule has 1 aromatic heterocycles. The van der Waals surface area contributed by atoms with Gasteiger partial charge in [0.05, 0.1) is 10.9 Å². The van der Waals surface area contributed by atoms with Gasteiger partial charge in [-0.05, 0) is 30.7 Å². The van der Waals surface area contributed by atoms with Crippen molar-refractivity contribution in [1.29, 1.82) is 0 Å². The van der Waals surface area contributed by atoms with Crippen molar-refractivity contribution in [2.24, 2.45) is 5.92 Å². The number of aliphatic carboxylic acids is 1. The van der Waals surface area contributed by atoms with Gasteiger partial charge in [-0.1, -0.05) is 30.9 Å². The van der Waals surface area contributed by atoms with Crippen molar-refractivity contribution in [1.82, 2.24) is 5.32 Å². The van der Waals surface area contributed by atoms with Crippen LogP contribution >= 0.6 is 22.9 Å². The van der Waals surface area contributed by atoms with Crippen molar-refractivity contribution in [2.75, 3.05) is 0 Å². The Bertz CT molecular complexity index is 515. The molecule has 6 heteroatoms. The molecule has 20 heavy (non-hydrogen) atoms. The minimum Gasteiger partial charge on any atom is -0.481 e. The first-order valence-corrected chi connectivity index (χ1v) is 8.03. The van der Waals surface area contributed by atoms with Gasteiger partial charge in [0.1, 0.15) is 4.88 Å². The summed E-state index contributed by atoms with van der Waals surface area (Å²) in [5.41, 5.74) is 0.873. The van der Waals surface area contributed by atoms with Gasteiger partial charge in [-0.3, -0.25) is 9.59 Å². The second kappa shape index (κ2) is 6.59. The standard InChI is InChI=1S/C14H18ClNO3S/c1-8-7-20-12(11(8)15)13(17)16-10-6-4-2-3-5-9(10)14(18)19/h7,9-10H,2-6H2,1H3,(H,16,17)(H,18,19). The zero-order chi connectivity index (χ0) is 14.7. The van der Waals surface area contributed by atoms with Crippen LogP contribution in [0.5, 0.6) is 0 Å². The number of carboxylic acids is 1. The average molecular weight is 316 g/mol. The van der Waals surface area contributed by atoms with E-state index in [4.69, 9.17) is 11.6 Å². The molecule has 110 valence electrons. The Morgan fingerprint density at radius 2 is 2.05 bits per heavy atom. The van der Waals surface area contributed by atoms with Crippen LogP contribution < -0.4 is 5.32 Å². The van der Waals surface area contributed by atoms with Gasteiger partial charge in [0.15, 0.2) is 0 Å². The van der Waals surface area contributed by atoms with Crippen LogP contribution in [0.15, 0.2) is 5.38 Å². The van der Waals surface area contributed by atoms with Crippen molar-refractivity contribution < 1.29 is 14.7 Å². The van der Waals surface area contributed by atoms with Gasteiger partial charge < -0.3 is 10.4 Å². The van der Waals surface area contributed by atoms with Gasteiger partial charge in [0.2, 0.25) is 0 Å². The van der Waals surface area contributed by atoms with E-state index in [1.165, 1.54) is 11.3 Å². The van der Waals surface area contributed by atoms with E-state index >= 15 is 0 Å². The third-order valence-electron chi connectivity index (χ3n) is 3.75. The van der Waals surface area contributed by atoms with Gasteiger partial charge in [0, 0.05) is 6.04 Å². The number of halogens is 1. The molecule has 2 rings (SSSR count). The lowest BCUT2D eigenvalue weighted by Crippen LogP contribution is -2.42. The highest BCUT2D eigenvalue weighted by atomic mass is 35.5. The SMILES string of the molecule is Cc1csc(C(=O)NC2CCCCCC2C(=O)O)c1Cl. The molecule has 0 spiro atoms. The minimum atomic E-state index is -0.828. The number of carbonyl (C=O) groups excluding carboxylic acids is 1. The van der Waals surface area contributed by atoms with Crippen molar-refractivity contribution in [3.05, 3.63) is 20.8 Å². The number of aryl methyl sites for hydroxylation is 1. The molecule has 1 heterocycles. The average Bonchev–Trinajstić information content (AvgIpc) is 2.62. The van der Waals surface area contributed by atoms with E-state index in [-0.39, 0.29) is 11.9 Å². The highest BCUT2D eigenvalue weighted by Crippen LogP contribution is 2.28. The fraction of sp³-hybridized carbons (Fsp3) is 0.571. The molecule has 0 aliphatic heterocycles. The summed E-state index contributed by atoms with van der Waals surface area (Å²) in [7, 11) is 0. The Hall–Kier alpha value is -1.07. The van der Waals surface area contributed by atoms with E-state index in [1.54, 1.807) is 0 Å². The maximum absolute atomic E-state index is 12.2. The minimum absolute atomic E-state index is 0.258. The molecule has 1 amide bonds. The van der Waals surface area contributed by atoms with Gasteiger partial charge in [-0.25, -0.2) is 0 Å². The van der Waals surface area contributed by atoms with E-state index in [0.717, 1.165) is 24.8 Å². The van der Waals surface area contributed by atoms with Crippen LogP contribution in [0.4, 0.5) is 0 Å². The summed E-state index contributed by atoms with van der Waals surface area (Å²) in [5.74, 6) is -1.59. The van der Waals surface area contributed by atoms with E-state index < -0.39 is 11.9 Å². The third kappa shape index (κ3) is 3.33. The first-order valence-electron chi connectivity index (χ1n) is 6.78. The summed E-state index contributed by atoms with van der Waals surface area (Å²) >= 11 is 7.38. The molecule has 1 fully saturated rings. The van der Waals surface area contributed by atoms with Gasteiger partial charge in [-0.15, -0.1) is 11.3 Å². The number of rotatable bonds is 3. The predicted octanol–water partition coefficient (Wildman–Crippen LogP) is 3.47. The molecule has 4 nitrogen and oxygen atoms in total. The Morgan fingerprint density at radius 1 is 1.35 bits per heavy atom. The van der Waals surface area contributed by atoms with Gasteiger partial charge in [0.25, 0.3) is 5.91 Å². The summed E-state index contributed by atoms with van der Waals surface area (Å²) in [6, 6.07) is -0.305. The van der Waals surface area contributed by atoms with E-state index in [1.807, 2.05) is 12.3 Å². The molecule has 0 radical (unpaired) electrons. The Kier molecular flexibility index (Phi) is 5.05. The van der Waals surface area contributed by atoms with E-state index in [0.29, 0.717) is 22.7 Å². The predicted molar refractivity (Wildman–Crippen MR) is 79.5 cm³/mol. The first kappa shape index (κ1) is 15.3. The van der Waals surface area contributed by atoms with Crippen LogP contribution in [0, 0.1) is 12.8 Å². The summed E-state index contributed by atoms with van der Waals surface area (Å²) in [6.45, 7) is 1.85. The van der Waals surface area contributed by atoms with Crippen molar-refractivity contribution in [2.45, 2.75) is 45.1 Å². The lowest BCUT2D eigenvalue weighted by Gasteiger charge is -2.22. The topological polar surface area (TPSA) is 66.4 Å². The first-order chi connectivity index (χ1) is 9.50. The van der Waals surface area contributed by atoms with Crippen LogP contribution in [-0.2, 0) is 4.79 Å². The summed E-state index contributed by atoms with van der Waals surface area (Å²) in [5, 5.41) is 14.5. The normalized spacial score (nSPS) is 23.1. The number of amides is 1. The zero-order valence-corrected chi connectivity index (χ0v) is 12.9. The molecule has 1 saturated carbocycles. The second-order valence-electron chi connectivity index (χ2n) is 5.22. The van der Waals surface area contributed by atoms with Gasteiger partial charge >= 0.3 is 5.97 Å². The molecule has 2 N–H and O–H groups in total. The molecular formula is C14H18ClNO3S. The number of thiophene rings is 1. The molecule has 0 saturated heterocycles. The van der Waals surface area contributed by atoms with Crippen LogP contribution in [0.3, 0.4) is 0 Å². The Labute approximate surface area is 127 Å². The van der Waals surface area contributed by atoms with Crippen LogP contribution in [-0.4, -0.2) is 23.0 Å². The Morgan fingerprint density at radius 3 is 2.65 bits per heavy atom. The van der Waals surface area contributed by atoms with Crippen molar-refractivity contribution in [3.63, 3.8) is 0 Å². The summed E-state index contributed by atoms with van der Waals surface area (Å²) in [6.07, 6.45) is 4.21. The highest BCUT2D eigenvalue weighted by molar-refractivity contribution is 7.13. The lowest BCUT2D eigenvalue weighted by molar-refractivity contribution is -0.142. The van der Waals surface area contributed by atoms with E-state index in [9.17, 15) is 14.7 Å². The molecule has 1 aliphatic carbocycles.